The van der Waals surface area contributed by atoms with Crippen molar-refractivity contribution in [2.75, 3.05) is 23.3 Å². The second-order valence-electron chi connectivity index (χ2n) is 6.47. The van der Waals surface area contributed by atoms with Crippen LogP contribution >= 0.6 is 11.6 Å². The standard InChI is InChI=1S/C19H18ClF3N4O2/c1-12(26-29-18(28)25-15-6-4-14(20)5-7-15)17-16(27-8-2-3-9-27)10-13(11-24-17)19(21,22)23/h4-7,10-11H,2-3,8-9H2,1H3,(H,25,28)/b26-12-. The minimum atomic E-state index is -4.50. The minimum Gasteiger partial charge on any atom is -0.370 e. The number of nitrogens with one attached hydrogen (secondary N) is 1. The van der Waals surface area contributed by atoms with Crippen LogP contribution < -0.4 is 10.2 Å². The normalized spacial score (nSPS) is 14.8. The molecule has 0 saturated carbocycles. The van der Waals surface area contributed by atoms with Crippen molar-refractivity contribution in [2.45, 2.75) is 25.9 Å². The number of pyridine rings is 1. The Kier molecular flexibility index (Phi) is 6.26. The van der Waals surface area contributed by atoms with Gasteiger partial charge < -0.3 is 4.90 Å². The molecule has 1 fully saturated rings. The number of carbonyl (C=O) groups is 1. The van der Waals surface area contributed by atoms with Gasteiger partial charge in [-0.05, 0) is 50.1 Å². The zero-order valence-electron chi connectivity index (χ0n) is 15.5. The molecule has 0 spiro atoms. The molecular formula is C19H18ClF3N4O2. The van der Waals surface area contributed by atoms with E-state index >= 15 is 0 Å². The molecule has 0 radical (unpaired) electrons. The van der Waals surface area contributed by atoms with E-state index in [-0.39, 0.29) is 11.4 Å². The van der Waals surface area contributed by atoms with Crippen LogP contribution in [0.1, 0.15) is 31.0 Å². The molecule has 0 aliphatic carbocycles. The Hall–Kier alpha value is -2.81. The summed E-state index contributed by atoms with van der Waals surface area (Å²) in [6, 6.07) is 7.42. The van der Waals surface area contributed by atoms with Gasteiger partial charge >= 0.3 is 12.3 Å². The summed E-state index contributed by atoms with van der Waals surface area (Å²) in [5, 5.41) is 6.72. The molecule has 1 aliphatic rings. The van der Waals surface area contributed by atoms with Gasteiger partial charge in [-0.2, -0.15) is 13.2 Å². The molecule has 0 unspecified atom stereocenters. The Morgan fingerprint density at radius 3 is 2.52 bits per heavy atom. The van der Waals surface area contributed by atoms with Crippen molar-refractivity contribution in [1.82, 2.24) is 4.98 Å². The monoisotopic (exact) mass is 426 g/mol. The largest absolute Gasteiger partial charge is 0.437 e. The fourth-order valence-electron chi connectivity index (χ4n) is 2.91. The van der Waals surface area contributed by atoms with Gasteiger partial charge in [0.1, 0.15) is 11.4 Å². The van der Waals surface area contributed by atoms with Gasteiger partial charge in [0.25, 0.3) is 0 Å². The van der Waals surface area contributed by atoms with Crippen molar-refractivity contribution < 1.29 is 22.8 Å². The van der Waals surface area contributed by atoms with Gasteiger partial charge in [0.15, 0.2) is 0 Å². The maximum atomic E-state index is 13.1. The Morgan fingerprint density at radius 2 is 1.90 bits per heavy atom. The molecule has 0 bridgehead atoms. The van der Waals surface area contributed by atoms with Crippen LogP contribution in [0.2, 0.25) is 5.02 Å². The van der Waals surface area contributed by atoms with E-state index in [0.717, 1.165) is 25.1 Å². The number of rotatable bonds is 4. The number of nitrogens with zero attached hydrogens (tertiary/aromatic N) is 3. The second kappa shape index (κ2) is 8.69. The van der Waals surface area contributed by atoms with E-state index in [1.54, 1.807) is 24.3 Å². The van der Waals surface area contributed by atoms with E-state index in [9.17, 15) is 18.0 Å². The van der Waals surface area contributed by atoms with Gasteiger partial charge in [-0.25, -0.2) is 4.79 Å². The Balaban J connectivity index is 1.78. The zero-order valence-corrected chi connectivity index (χ0v) is 16.2. The predicted molar refractivity (Wildman–Crippen MR) is 104 cm³/mol. The average molecular weight is 427 g/mol. The molecule has 3 rings (SSSR count). The number of amides is 1. The van der Waals surface area contributed by atoms with Crippen LogP contribution in [0.25, 0.3) is 0 Å². The Bertz CT molecular complexity index is 911. The SMILES string of the molecule is C/C(=N/OC(=O)Nc1ccc(Cl)cc1)c1ncc(C(F)(F)F)cc1N1CCCC1. The smallest absolute Gasteiger partial charge is 0.370 e. The van der Waals surface area contributed by atoms with Crippen molar-refractivity contribution >= 4 is 34.8 Å². The molecule has 1 amide bonds. The highest BCUT2D eigenvalue weighted by Gasteiger charge is 2.33. The summed E-state index contributed by atoms with van der Waals surface area (Å²) < 4.78 is 39.3. The van der Waals surface area contributed by atoms with Crippen LogP contribution in [-0.4, -0.2) is 29.9 Å². The number of anilines is 2. The summed E-state index contributed by atoms with van der Waals surface area (Å²) >= 11 is 5.78. The lowest BCUT2D eigenvalue weighted by molar-refractivity contribution is -0.137. The predicted octanol–water partition coefficient (Wildman–Crippen LogP) is 5.33. The number of alkyl halides is 3. The van der Waals surface area contributed by atoms with E-state index in [0.29, 0.717) is 29.5 Å². The quantitative estimate of drug-likeness (QED) is 0.408. The van der Waals surface area contributed by atoms with Crippen molar-refractivity contribution in [3.8, 4) is 0 Å². The van der Waals surface area contributed by atoms with Gasteiger partial charge in [0.2, 0.25) is 0 Å². The lowest BCUT2D eigenvalue weighted by Gasteiger charge is -2.21. The lowest BCUT2D eigenvalue weighted by Crippen LogP contribution is -2.22. The van der Waals surface area contributed by atoms with E-state index in [1.165, 1.54) is 6.92 Å². The van der Waals surface area contributed by atoms with Crippen molar-refractivity contribution in [3.63, 3.8) is 0 Å². The third-order valence-corrected chi connectivity index (χ3v) is 4.59. The number of carbonyl (C=O) groups excluding carboxylic acids is 1. The molecule has 1 aromatic heterocycles. The number of hydrogen-bond donors (Lipinski definition) is 1. The number of aromatic nitrogens is 1. The number of oxime groups is 1. The molecular weight excluding hydrogens is 409 g/mol. The molecule has 0 atom stereocenters. The minimum absolute atomic E-state index is 0.187. The van der Waals surface area contributed by atoms with Gasteiger partial charge in [-0.1, -0.05) is 16.8 Å². The molecule has 6 nitrogen and oxygen atoms in total. The topological polar surface area (TPSA) is 66.8 Å². The summed E-state index contributed by atoms with van der Waals surface area (Å²) in [6.45, 7) is 2.77. The summed E-state index contributed by atoms with van der Waals surface area (Å²) in [7, 11) is 0. The highest BCUT2D eigenvalue weighted by molar-refractivity contribution is 6.30. The number of benzene rings is 1. The maximum Gasteiger partial charge on any atom is 0.437 e. The van der Waals surface area contributed by atoms with Crippen molar-refractivity contribution in [2.24, 2.45) is 5.16 Å². The van der Waals surface area contributed by atoms with E-state index < -0.39 is 17.8 Å². The Morgan fingerprint density at radius 1 is 1.24 bits per heavy atom. The van der Waals surface area contributed by atoms with Crippen LogP contribution in [0.15, 0.2) is 41.7 Å². The van der Waals surface area contributed by atoms with E-state index in [1.807, 2.05) is 4.90 Å². The van der Waals surface area contributed by atoms with Crippen LogP contribution in [0.3, 0.4) is 0 Å². The molecule has 2 heterocycles. The van der Waals surface area contributed by atoms with Gasteiger partial charge in [-0.3, -0.25) is 15.1 Å². The second-order valence-corrected chi connectivity index (χ2v) is 6.91. The van der Waals surface area contributed by atoms with Crippen molar-refractivity contribution in [1.29, 1.82) is 0 Å². The fraction of sp³-hybridized carbons (Fsp3) is 0.316. The van der Waals surface area contributed by atoms with Crippen LogP contribution in [0.4, 0.5) is 29.3 Å². The van der Waals surface area contributed by atoms with E-state index in [2.05, 4.69) is 15.5 Å². The number of halogens is 4. The first-order valence-electron chi connectivity index (χ1n) is 8.85. The first kappa shape index (κ1) is 20.9. The first-order valence-corrected chi connectivity index (χ1v) is 9.22. The average Bonchev–Trinajstić information content (AvgIpc) is 3.21. The number of hydrogen-bond acceptors (Lipinski definition) is 5. The third-order valence-electron chi connectivity index (χ3n) is 4.34. The molecule has 1 saturated heterocycles. The highest BCUT2D eigenvalue weighted by atomic mass is 35.5. The maximum absolute atomic E-state index is 13.1. The molecule has 1 aromatic carbocycles. The van der Waals surface area contributed by atoms with E-state index in [4.69, 9.17) is 16.4 Å². The fourth-order valence-corrected chi connectivity index (χ4v) is 3.04. The zero-order chi connectivity index (χ0) is 21.0. The summed E-state index contributed by atoms with van der Waals surface area (Å²) in [5.41, 5.74) is 0.362. The summed E-state index contributed by atoms with van der Waals surface area (Å²) in [6.07, 6.45) is -2.83. The lowest BCUT2D eigenvalue weighted by atomic mass is 10.1. The first-order chi connectivity index (χ1) is 13.7. The van der Waals surface area contributed by atoms with Crippen molar-refractivity contribution in [3.05, 3.63) is 52.8 Å². The van der Waals surface area contributed by atoms with Crippen LogP contribution in [-0.2, 0) is 11.0 Å². The summed E-state index contributed by atoms with van der Waals surface area (Å²) in [4.78, 5) is 22.5. The molecule has 154 valence electrons. The Labute approximate surface area is 170 Å². The molecule has 29 heavy (non-hydrogen) atoms. The molecule has 2 aromatic rings. The van der Waals surface area contributed by atoms with Crippen LogP contribution in [0, 0.1) is 0 Å². The van der Waals surface area contributed by atoms with Gasteiger partial charge in [0.05, 0.1) is 11.3 Å². The van der Waals surface area contributed by atoms with Crippen LogP contribution in [0.5, 0.6) is 0 Å². The molecule has 1 N–H and O–H groups in total. The highest BCUT2D eigenvalue weighted by Crippen LogP contribution is 2.33. The van der Waals surface area contributed by atoms with Gasteiger partial charge in [-0.15, -0.1) is 0 Å². The van der Waals surface area contributed by atoms with Gasteiger partial charge in [0, 0.05) is 30.0 Å². The molecule has 10 heteroatoms. The molecule has 1 aliphatic heterocycles. The third kappa shape index (κ3) is 5.38. The summed E-state index contributed by atoms with van der Waals surface area (Å²) in [5.74, 6) is 0.